The molecular formula is C17H26F2N4O. The molecule has 3 N–H and O–H groups in total. The van der Waals surface area contributed by atoms with Crippen molar-refractivity contribution < 1.29 is 13.6 Å². The smallest absolute Gasteiger partial charge is 0.222 e. The highest BCUT2D eigenvalue weighted by Gasteiger charge is 2.13. The summed E-state index contributed by atoms with van der Waals surface area (Å²) in [7, 11) is 0. The van der Waals surface area contributed by atoms with E-state index in [4.69, 9.17) is 0 Å². The van der Waals surface area contributed by atoms with Gasteiger partial charge < -0.3 is 16.0 Å². The van der Waals surface area contributed by atoms with Gasteiger partial charge in [-0.15, -0.1) is 0 Å². The lowest BCUT2D eigenvalue weighted by Crippen LogP contribution is -2.39. The molecule has 7 heteroatoms. The van der Waals surface area contributed by atoms with Crippen LogP contribution >= 0.6 is 0 Å². The Balaban J connectivity index is 2.63. The highest BCUT2D eigenvalue weighted by atomic mass is 19.1. The average molecular weight is 340 g/mol. The first-order valence-corrected chi connectivity index (χ1v) is 8.12. The molecule has 0 aromatic heterocycles. The van der Waals surface area contributed by atoms with Crippen molar-refractivity contribution in [3.63, 3.8) is 0 Å². The first kappa shape index (κ1) is 19.9. The average Bonchev–Trinajstić information content (AvgIpc) is 2.50. The van der Waals surface area contributed by atoms with Crippen molar-refractivity contribution in [3.05, 3.63) is 35.4 Å². The molecule has 1 aromatic carbocycles. The number of halogens is 2. The van der Waals surface area contributed by atoms with Crippen molar-refractivity contribution in [1.29, 1.82) is 0 Å². The van der Waals surface area contributed by atoms with E-state index in [2.05, 4.69) is 20.9 Å². The summed E-state index contributed by atoms with van der Waals surface area (Å²) in [5.74, 6) is -0.792. The maximum Gasteiger partial charge on any atom is 0.222 e. The molecule has 24 heavy (non-hydrogen) atoms. The van der Waals surface area contributed by atoms with Gasteiger partial charge >= 0.3 is 0 Å². The lowest BCUT2D eigenvalue weighted by atomic mass is 10.1. The van der Waals surface area contributed by atoms with Crippen LogP contribution in [-0.2, 0) is 4.79 Å². The minimum absolute atomic E-state index is 0.0232. The number of carbonyl (C=O) groups is 1. The van der Waals surface area contributed by atoms with Gasteiger partial charge in [0.2, 0.25) is 5.91 Å². The van der Waals surface area contributed by atoms with Crippen LogP contribution in [0.4, 0.5) is 8.78 Å². The molecule has 1 aromatic rings. The van der Waals surface area contributed by atoms with E-state index in [1.807, 2.05) is 20.8 Å². The number of nitrogens with one attached hydrogen (secondary N) is 3. The molecule has 1 atom stereocenters. The Morgan fingerprint density at radius 3 is 2.50 bits per heavy atom. The fourth-order valence-corrected chi connectivity index (χ4v) is 2.01. The van der Waals surface area contributed by atoms with E-state index in [0.29, 0.717) is 31.2 Å². The molecule has 1 unspecified atom stereocenters. The third-order valence-corrected chi connectivity index (χ3v) is 3.33. The lowest BCUT2D eigenvalue weighted by molar-refractivity contribution is -0.123. The third-order valence-electron chi connectivity index (χ3n) is 3.33. The largest absolute Gasteiger partial charge is 0.357 e. The maximum absolute atomic E-state index is 13.8. The molecule has 0 aliphatic heterocycles. The van der Waals surface area contributed by atoms with Gasteiger partial charge in [-0.25, -0.2) is 8.78 Å². The van der Waals surface area contributed by atoms with Crippen LogP contribution in [0, 0.1) is 17.6 Å². The second-order valence-corrected chi connectivity index (χ2v) is 5.74. The molecule has 0 saturated carbocycles. The number of benzene rings is 1. The van der Waals surface area contributed by atoms with E-state index in [1.165, 1.54) is 12.1 Å². The van der Waals surface area contributed by atoms with E-state index in [0.717, 1.165) is 6.07 Å². The molecule has 0 bridgehead atoms. The summed E-state index contributed by atoms with van der Waals surface area (Å²) in [6, 6.07) is 3.12. The summed E-state index contributed by atoms with van der Waals surface area (Å²) in [5, 5.41) is 8.90. The summed E-state index contributed by atoms with van der Waals surface area (Å²) in [5.41, 5.74) is 0.357. The zero-order valence-corrected chi connectivity index (χ0v) is 14.6. The number of hydrogen-bond donors (Lipinski definition) is 3. The van der Waals surface area contributed by atoms with Gasteiger partial charge in [0.05, 0.1) is 12.6 Å². The summed E-state index contributed by atoms with van der Waals surface area (Å²) in [6.07, 6.45) is 0. The van der Waals surface area contributed by atoms with Crippen molar-refractivity contribution >= 4 is 11.9 Å². The normalized spacial score (nSPS) is 12.9. The van der Waals surface area contributed by atoms with E-state index >= 15 is 0 Å². The summed E-state index contributed by atoms with van der Waals surface area (Å²) < 4.78 is 26.8. The molecule has 0 spiro atoms. The highest BCUT2D eigenvalue weighted by molar-refractivity contribution is 5.80. The maximum atomic E-state index is 13.8. The van der Waals surface area contributed by atoms with Crippen molar-refractivity contribution in [2.24, 2.45) is 10.9 Å². The Morgan fingerprint density at radius 1 is 1.21 bits per heavy atom. The Bertz CT molecular complexity index is 576. The lowest BCUT2D eigenvalue weighted by Gasteiger charge is -2.19. The molecule has 134 valence electrons. The Hall–Kier alpha value is -2.18. The monoisotopic (exact) mass is 340 g/mol. The SMILES string of the molecule is CCNC(=NCCNC(=O)C(C)C)NC(C)c1ccc(F)cc1F. The van der Waals surface area contributed by atoms with E-state index in [9.17, 15) is 13.6 Å². The van der Waals surface area contributed by atoms with Gasteiger partial charge in [0.25, 0.3) is 0 Å². The molecule has 0 aliphatic carbocycles. The van der Waals surface area contributed by atoms with Crippen LogP contribution in [0.5, 0.6) is 0 Å². The van der Waals surface area contributed by atoms with E-state index in [-0.39, 0.29) is 17.9 Å². The number of rotatable bonds is 7. The van der Waals surface area contributed by atoms with Crippen LogP contribution < -0.4 is 16.0 Å². The molecule has 0 fully saturated rings. The van der Waals surface area contributed by atoms with Gasteiger partial charge in [-0.05, 0) is 19.9 Å². The molecule has 0 aliphatic rings. The fraction of sp³-hybridized carbons (Fsp3) is 0.529. The number of amides is 1. The molecule has 1 amide bonds. The van der Waals surface area contributed by atoms with Crippen LogP contribution in [0.1, 0.15) is 39.3 Å². The molecule has 5 nitrogen and oxygen atoms in total. The minimum atomic E-state index is -0.607. The van der Waals surface area contributed by atoms with Crippen LogP contribution in [0.3, 0.4) is 0 Å². The van der Waals surface area contributed by atoms with Crippen LogP contribution in [-0.4, -0.2) is 31.5 Å². The number of aliphatic imine (C=N–C) groups is 1. The molecule has 0 heterocycles. The Labute approximate surface area is 141 Å². The number of guanidine groups is 1. The first-order valence-electron chi connectivity index (χ1n) is 8.12. The molecular weight excluding hydrogens is 314 g/mol. The number of hydrogen-bond acceptors (Lipinski definition) is 2. The topological polar surface area (TPSA) is 65.5 Å². The zero-order valence-electron chi connectivity index (χ0n) is 14.6. The van der Waals surface area contributed by atoms with Gasteiger partial charge in [-0.3, -0.25) is 9.79 Å². The number of carbonyl (C=O) groups excluding carboxylic acids is 1. The summed E-state index contributed by atoms with van der Waals surface area (Å²) in [6.45, 7) is 8.79. The van der Waals surface area contributed by atoms with Crippen LogP contribution in [0.15, 0.2) is 23.2 Å². The molecule has 1 rings (SSSR count). The van der Waals surface area contributed by atoms with Crippen molar-refractivity contribution in [2.45, 2.75) is 33.7 Å². The van der Waals surface area contributed by atoms with Gasteiger partial charge in [0.15, 0.2) is 5.96 Å². The van der Waals surface area contributed by atoms with Crippen molar-refractivity contribution in [3.8, 4) is 0 Å². The second-order valence-electron chi connectivity index (χ2n) is 5.74. The van der Waals surface area contributed by atoms with Crippen LogP contribution in [0.2, 0.25) is 0 Å². The van der Waals surface area contributed by atoms with Gasteiger partial charge in [0, 0.05) is 30.6 Å². The highest BCUT2D eigenvalue weighted by Crippen LogP contribution is 2.17. The minimum Gasteiger partial charge on any atom is -0.357 e. The third kappa shape index (κ3) is 6.52. The van der Waals surface area contributed by atoms with Crippen molar-refractivity contribution in [1.82, 2.24) is 16.0 Å². The van der Waals surface area contributed by atoms with Gasteiger partial charge in [-0.1, -0.05) is 19.9 Å². The Kier molecular flexibility index (Phi) is 8.15. The summed E-state index contributed by atoms with van der Waals surface area (Å²) in [4.78, 5) is 15.8. The predicted octanol–water partition coefficient (Wildman–Crippen LogP) is 2.35. The van der Waals surface area contributed by atoms with E-state index in [1.54, 1.807) is 6.92 Å². The molecule has 0 radical (unpaired) electrons. The van der Waals surface area contributed by atoms with Crippen LogP contribution in [0.25, 0.3) is 0 Å². The predicted molar refractivity (Wildman–Crippen MR) is 91.7 cm³/mol. The van der Waals surface area contributed by atoms with Gasteiger partial charge in [-0.2, -0.15) is 0 Å². The van der Waals surface area contributed by atoms with Gasteiger partial charge in [0.1, 0.15) is 11.6 Å². The fourth-order valence-electron chi connectivity index (χ4n) is 2.01. The standard InChI is InChI=1S/C17H26F2N4O/c1-5-20-17(22-9-8-21-16(24)11(2)3)23-12(4)14-7-6-13(18)10-15(14)19/h6-7,10-12H,5,8-9H2,1-4H3,(H,21,24)(H2,20,22,23). The summed E-state index contributed by atoms with van der Waals surface area (Å²) >= 11 is 0. The van der Waals surface area contributed by atoms with E-state index < -0.39 is 11.6 Å². The number of nitrogens with zero attached hydrogens (tertiary/aromatic N) is 1. The molecule has 0 saturated heterocycles. The Morgan fingerprint density at radius 2 is 1.92 bits per heavy atom. The van der Waals surface area contributed by atoms with Crippen molar-refractivity contribution in [2.75, 3.05) is 19.6 Å². The second kappa shape index (κ2) is 9.85. The zero-order chi connectivity index (χ0) is 18.1. The first-order chi connectivity index (χ1) is 11.3. The quantitative estimate of drug-likeness (QED) is 0.406.